The molecule has 0 saturated carbocycles. The molecule has 31 heavy (non-hydrogen) atoms. The molecule has 0 spiro atoms. The topological polar surface area (TPSA) is 101 Å². The van der Waals surface area contributed by atoms with Gasteiger partial charge in [0, 0.05) is 18.2 Å². The molecule has 0 aliphatic rings. The van der Waals surface area contributed by atoms with Crippen LogP contribution in [0.3, 0.4) is 0 Å². The standard InChI is InChI=1S/C23H28O8/c1-14-19(21(25)29-15-10-8-7-9-11-15)17(30-22(26)31-23(2,3)4)12-16(20(14)28-6)18(13-24)27-5/h7-12,18,24H,13H2,1-6H3. The highest BCUT2D eigenvalue weighted by molar-refractivity contribution is 5.97. The second-order valence-corrected chi connectivity index (χ2v) is 7.67. The lowest BCUT2D eigenvalue weighted by molar-refractivity contribution is 0.0201. The van der Waals surface area contributed by atoms with Crippen LogP contribution in [0.2, 0.25) is 0 Å². The molecule has 0 heterocycles. The second-order valence-electron chi connectivity index (χ2n) is 7.67. The van der Waals surface area contributed by atoms with Gasteiger partial charge in [0.15, 0.2) is 0 Å². The normalized spacial score (nSPS) is 12.1. The van der Waals surface area contributed by atoms with Gasteiger partial charge in [-0.15, -0.1) is 0 Å². The van der Waals surface area contributed by atoms with Crippen molar-refractivity contribution in [2.45, 2.75) is 39.4 Å². The van der Waals surface area contributed by atoms with Crippen molar-refractivity contribution in [3.8, 4) is 17.2 Å². The van der Waals surface area contributed by atoms with Crippen LogP contribution in [0.15, 0.2) is 36.4 Å². The highest BCUT2D eigenvalue weighted by Gasteiger charge is 2.29. The monoisotopic (exact) mass is 432 g/mol. The van der Waals surface area contributed by atoms with Gasteiger partial charge in [-0.2, -0.15) is 0 Å². The summed E-state index contributed by atoms with van der Waals surface area (Å²) >= 11 is 0. The lowest BCUT2D eigenvalue weighted by Crippen LogP contribution is -2.27. The predicted molar refractivity (Wildman–Crippen MR) is 113 cm³/mol. The number of aliphatic hydroxyl groups excluding tert-OH is 1. The van der Waals surface area contributed by atoms with E-state index in [1.807, 2.05) is 0 Å². The first-order valence-electron chi connectivity index (χ1n) is 9.64. The van der Waals surface area contributed by atoms with Crippen molar-refractivity contribution in [1.82, 2.24) is 0 Å². The Bertz CT molecular complexity index is 911. The van der Waals surface area contributed by atoms with Crippen molar-refractivity contribution >= 4 is 12.1 Å². The molecule has 2 aromatic rings. The number of hydrogen-bond donors (Lipinski definition) is 1. The number of rotatable bonds is 7. The molecule has 8 nitrogen and oxygen atoms in total. The molecule has 0 radical (unpaired) electrons. The van der Waals surface area contributed by atoms with Crippen LogP contribution in [-0.2, 0) is 9.47 Å². The fourth-order valence-corrected chi connectivity index (χ4v) is 2.95. The highest BCUT2D eigenvalue weighted by atomic mass is 16.7. The van der Waals surface area contributed by atoms with Crippen molar-refractivity contribution in [2.75, 3.05) is 20.8 Å². The van der Waals surface area contributed by atoms with Gasteiger partial charge in [0.05, 0.1) is 13.7 Å². The number of para-hydroxylation sites is 1. The Balaban J connectivity index is 2.59. The lowest BCUT2D eigenvalue weighted by atomic mass is 9.98. The molecule has 0 bridgehead atoms. The zero-order chi connectivity index (χ0) is 23.2. The maximum Gasteiger partial charge on any atom is 0.514 e. The van der Waals surface area contributed by atoms with Crippen molar-refractivity contribution < 1.29 is 38.4 Å². The molecule has 0 fully saturated rings. The molecule has 1 unspecified atom stereocenters. The second kappa shape index (κ2) is 10.3. The minimum Gasteiger partial charge on any atom is -0.496 e. The summed E-state index contributed by atoms with van der Waals surface area (Å²) in [5.74, 6) is -0.218. The lowest BCUT2D eigenvalue weighted by Gasteiger charge is -2.23. The molecule has 0 amide bonds. The van der Waals surface area contributed by atoms with Crippen molar-refractivity contribution in [2.24, 2.45) is 0 Å². The molecule has 168 valence electrons. The summed E-state index contributed by atoms with van der Waals surface area (Å²) in [5, 5.41) is 9.68. The number of carbonyl (C=O) groups is 2. The van der Waals surface area contributed by atoms with Gasteiger partial charge < -0.3 is 28.8 Å². The molecule has 0 aliphatic heterocycles. The van der Waals surface area contributed by atoms with E-state index in [9.17, 15) is 14.7 Å². The first kappa shape index (κ1) is 24.2. The third-order valence-corrected chi connectivity index (χ3v) is 4.25. The van der Waals surface area contributed by atoms with E-state index in [2.05, 4.69) is 0 Å². The van der Waals surface area contributed by atoms with Gasteiger partial charge in [-0.05, 0) is 45.9 Å². The molecule has 0 aromatic heterocycles. The summed E-state index contributed by atoms with van der Waals surface area (Å²) < 4.78 is 26.8. The number of methoxy groups -OCH3 is 2. The average Bonchev–Trinajstić information content (AvgIpc) is 2.68. The van der Waals surface area contributed by atoms with E-state index in [-0.39, 0.29) is 17.9 Å². The summed E-state index contributed by atoms with van der Waals surface area (Å²) in [6, 6.07) is 9.89. The molecule has 0 saturated heterocycles. The average molecular weight is 432 g/mol. The van der Waals surface area contributed by atoms with Crippen LogP contribution in [0.4, 0.5) is 4.79 Å². The Hall–Kier alpha value is -3.10. The van der Waals surface area contributed by atoms with Gasteiger partial charge >= 0.3 is 12.1 Å². The molecule has 1 atom stereocenters. The third-order valence-electron chi connectivity index (χ3n) is 4.25. The Labute approximate surface area is 181 Å². The van der Waals surface area contributed by atoms with Crippen LogP contribution in [0.25, 0.3) is 0 Å². The Morgan fingerprint density at radius 2 is 1.71 bits per heavy atom. The van der Waals surface area contributed by atoms with Gasteiger partial charge in [-0.25, -0.2) is 9.59 Å². The molecular formula is C23H28O8. The predicted octanol–water partition coefficient (Wildman–Crippen LogP) is 4.22. The summed E-state index contributed by atoms with van der Waals surface area (Å²) in [4.78, 5) is 25.4. The van der Waals surface area contributed by atoms with Gasteiger partial charge in [-0.1, -0.05) is 18.2 Å². The highest BCUT2D eigenvalue weighted by Crippen LogP contribution is 2.39. The number of carbonyl (C=O) groups excluding carboxylic acids is 2. The molecule has 1 N–H and O–H groups in total. The number of benzene rings is 2. The molecule has 8 heteroatoms. The maximum absolute atomic E-state index is 13.0. The van der Waals surface area contributed by atoms with Crippen LogP contribution in [0.5, 0.6) is 17.2 Å². The third kappa shape index (κ3) is 6.19. The van der Waals surface area contributed by atoms with Crippen LogP contribution in [-0.4, -0.2) is 43.7 Å². The quantitative estimate of drug-likeness (QED) is 0.394. The fraction of sp³-hybridized carbons (Fsp3) is 0.391. The molecular weight excluding hydrogens is 404 g/mol. The van der Waals surface area contributed by atoms with E-state index < -0.39 is 23.8 Å². The van der Waals surface area contributed by atoms with E-state index >= 15 is 0 Å². The van der Waals surface area contributed by atoms with Crippen molar-refractivity contribution in [1.29, 1.82) is 0 Å². The van der Waals surface area contributed by atoms with Gasteiger partial charge in [0.1, 0.15) is 34.5 Å². The summed E-state index contributed by atoms with van der Waals surface area (Å²) in [7, 11) is 2.85. The van der Waals surface area contributed by atoms with Gasteiger partial charge in [0.2, 0.25) is 0 Å². The van der Waals surface area contributed by atoms with Crippen molar-refractivity contribution in [3.63, 3.8) is 0 Å². The van der Waals surface area contributed by atoms with E-state index in [1.54, 1.807) is 58.0 Å². The van der Waals surface area contributed by atoms with E-state index in [1.165, 1.54) is 20.3 Å². The summed E-state index contributed by atoms with van der Waals surface area (Å²) in [6.07, 6.45) is -1.76. The summed E-state index contributed by atoms with van der Waals surface area (Å²) in [5.41, 5.74) is -0.0512. The summed E-state index contributed by atoms with van der Waals surface area (Å²) in [6.45, 7) is 6.34. The number of ether oxygens (including phenoxy) is 5. The first-order valence-corrected chi connectivity index (χ1v) is 9.64. The Kier molecular flexibility index (Phi) is 8.01. The van der Waals surface area contributed by atoms with Gasteiger partial charge in [0.25, 0.3) is 0 Å². The van der Waals surface area contributed by atoms with Crippen LogP contribution in [0, 0.1) is 6.92 Å². The zero-order valence-electron chi connectivity index (χ0n) is 18.6. The van der Waals surface area contributed by atoms with E-state index in [4.69, 9.17) is 23.7 Å². The molecule has 2 rings (SSSR count). The number of aliphatic hydroxyl groups is 1. The SMILES string of the molecule is COc1c(C(CO)OC)cc(OC(=O)OC(C)(C)C)c(C(=O)Oc2ccccc2)c1C. The number of esters is 1. The van der Waals surface area contributed by atoms with Crippen LogP contribution < -0.4 is 14.2 Å². The maximum atomic E-state index is 13.0. The van der Waals surface area contributed by atoms with E-state index in [0.717, 1.165) is 0 Å². The first-order chi connectivity index (χ1) is 14.6. The van der Waals surface area contributed by atoms with E-state index in [0.29, 0.717) is 22.6 Å². The molecule has 2 aromatic carbocycles. The zero-order valence-corrected chi connectivity index (χ0v) is 18.6. The minimum atomic E-state index is -0.991. The van der Waals surface area contributed by atoms with Crippen molar-refractivity contribution in [3.05, 3.63) is 53.1 Å². The Morgan fingerprint density at radius 3 is 2.23 bits per heavy atom. The van der Waals surface area contributed by atoms with Crippen LogP contribution in [0.1, 0.15) is 48.4 Å². The fourth-order valence-electron chi connectivity index (χ4n) is 2.95. The largest absolute Gasteiger partial charge is 0.514 e. The minimum absolute atomic E-state index is 0.0110. The molecule has 0 aliphatic carbocycles. The van der Waals surface area contributed by atoms with Gasteiger partial charge in [-0.3, -0.25) is 0 Å². The number of hydrogen-bond acceptors (Lipinski definition) is 8. The van der Waals surface area contributed by atoms with Crippen LogP contribution >= 0.6 is 0 Å². The smallest absolute Gasteiger partial charge is 0.496 e. The Morgan fingerprint density at radius 1 is 1.06 bits per heavy atom.